The quantitative estimate of drug-likeness (QED) is 0.244. The van der Waals surface area contributed by atoms with Crippen LogP contribution in [0.15, 0.2) is 12.2 Å². The summed E-state index contributed by atoms with van der Waals surface area (Å²) in [5.74, 6) is -0.164. The van der Waals surface area contributed by atoms with E-state index in [2.05, 4.69) is 38.2 Å². The lowest BCUT2D eigenvalue weighted by atomic mass is 10.1. The van der Waals surface area contributed by atoms with Crippen molar-refractivity contribution >= 4 is 5.91 Å². The van der Waals surface area contributed by atoms with E-state index in [1.165, 1.54) is 70.6 Å². The Morgan fingerprint density at radius 1 is 0.720 bits per heavy atom. The van der Waals surface area contributed by atoms with Crippen molar-refractivity contribution in [1.29, 1.82) is 0 Å². The minimum atomic E-state index is -0.164. The second-order valence-corrected chi connectivity index (χ2v) is 6.76. The van der Waals surface area contributed by atoms with Crippen LogP contribution in [0.3, 0.4) is 0 Å². The minimum absolute atomic E-state index is 0.164. The number of rotatable bonds is 17. The highest BCUT2D eigenvalue weighted by Crippen LogP contribution is 2.09. The van der Waals surface area contributed by atoms with E-state index < -0.39 is 0 Å². The Morgan fingerprint density at radius 3 is 1.56 bits per heavy atom. The first kappa shape index (κ1) is 26.4. The number of carbonyl (C=O) groups is 1. The van der Waals surface area contributed by atoms with Crippen molar-refractivity contribution in [3.63, 3.8) is 0 Å². The Balaban J connectivity index is 0. The molecule has 0 saturated carbocycles. The molecule has 0 fully saturated rings. The molecule has 0 radical (unpaired) electrons. The van der Waals surface area contributed by atoms with Gasteiger partial charge in [-0.1, -0.05) is 84.3 Å². The number of primary amides is 1. The van der Waals surface area contributed by atoms with Gasteiger partial charge in [0, 0.05) is 6.42 Å². The average molecular weight is 355 g/mol. The third kappa shape index (κ3) is 31.5. The van der Waals surface area contributed by atoms with Crippen LogP contribution in [-0.4, -0.2) is 19.0 Å². The zero-order valence-corrected chi connectivity index (χ0v) is 17.5. The lowest BCUT2D eigenvalue weighted by Crippen LogP contribution is -2.09. The molecule has 3 nitrogen and oxygen atoms in total. The van der Waals surface area contributed by atoms with Crippen LogP contribution in [-0.2, 0) is 4.79 Å². The van der Waals surface area contributed by atoms with Crippen LogP contribution in [0.2, 0.25) is 0 Å². The molecule has 1 amide bonds. The van der Waals surface area contributed by atoms with Crippen LogP contribution in [0.5, 0.6) is 0 Å². The van der Waals surface area contributed by atoms with E-state index in [4.69, 9.17) is 5.73 Å². The zero-order chi connectivity index (χ0) is 19.0. The molecule has 0 aromatic rings. The summed E-state index contributed by atoms with van der Waals surface area (Å²) in [5, 5.41) is 3.11. The Bertz CT molecular complexity index is 275. The van der Waals surface area contributed by atoms with Gasteiger partial charge in [-0.05, 0) is 45.2 Å². The SMILES string of the molecule is CCCCCCCC/C=C\CCCCCCCC(N)=O.CCNCC. The van der Waals surface area contributed by atoms with E-state index >= 15 is 0 Å². The van der Waals surface area contributed by atoms with Crippen LogP contribution in [0.25, 0.3) is 0 Å². The number of hydrogen-bond acceptors (Lipinski definition) is 2. The zero-order valence-electron chi connectivity index (χ0n) is 17.5. The van der Waals surface area contributed by atoms with E-state index in [9.17, 15) is 4.79 Å². The minimum Gasteiger partial charge on any atom is -0.370 e. The molecule has 0 aromatic carbocycles. The fourth-order valence-corrected chi connectivity index (χ4v) is 2.62. The maximum absolute atomic E-state index is 10.5. The maximum atomic E-state index is 10.5. The molecule has 0 aliphatic rings. The van der Waals surface area contributed by atoms with Gasteiger partial charge in [-0.15, -0.1) is 0 Å². The molecule has 0 atom stereocenters. The molecule has 150 valence electrons. The summed E-state index contributed by atoms with van der Waals surface area (Å²) < 4.78 is 0. The number of amides is 1. The monoisotopic (exact) mass is 354 g/mol. The Labute approximate surface area is 158 Å². The van der Waals surface area contributed by atoms with Gasteiger partial charge in [0.1, 0.15) is 0 Å². The number of hydrogen-bond donors (Lipinski definition) is 2. The normalized spacial score (nSPS) is 10.7. The molecule has 0 rings (SSSR count). The predicted octanol–water partition coefficient (Wildman–Crippen LogP) is 6.13. The largest absolute Gasteiger partial charge is 0.370 e. The van der Waals surface area contributed by atoms with Crippen LogP contribution in [0.4, 0.5) is 0 Å². The molecule has 3 N–H and O–H groups in total. The van der Waals surface area contributed by atoms with Gasteiger partial charge >= 0.3 is 0 Å². The summed E-state index contributed by atoms with van der Waals surface area (Å²) in [6, 6.07) is 0. The van der Waals surface area contributed by atoms with Crippen molar-refractivity contribution in [2.75, 3.05) is 13.1 Å². The van der Waals surface area contributed by atoms with Crippen molar-refractivity contribution in [3.8, 4) is 0 Å². The first-order valence-electron chi connectivity index (χ1n) is 10.8. The molecular formula is C22H46N2O. The standard InChI is InChI=1S/C18H35NO.C4H11N/c1-2-3-4-5-6-7-8-9-10-11-12-13-14-15-16-17-18(19)20;1-3-5-4-2/h9-10H,2-8,11-17H2,1H3,(H2,19,20);5H,3-4H2,1-2H3/b10-9-;. The summed E-state index contributed by atoms with van der Waals surface area (Å²) in [7, 11) is 0. The lowest BCUT2D eigenvalue weighted by molar-refractivity contribution is -0.118. The highest BCUT2D eigenvalue weighted by molar-refractivity contribution is 5.73. The molecule has 0 aromatic heterocycles. The summed E-state index contributed by atoms with van der Waals surface area (Å²) in [6.45, 7) is 8.65. The van der Waals surface area contributed by atoms with E-state index in [1.807, 2.05) is 0 Å². The lowest BCUT2D eigenvalue weighted by Gasteiger charge is -1.99. The summed E-state index contributed by atoms with van der Waals surface area (Å²) in [4.78, 5) is 10.5. The van der Waals surface area contributed by atoms with Crippen molar-refractivity contribution in [2.45, 2.75) is 111 Å². The van der Waals surface area contributed by atoms with Crippen molar-refractivity contribution in [1.82, 2.24) is 5.32 Å². The fraction of sp³-hybridized carbons (Fsp3) is 0.864. The molecule has 0 saturated heterocycles. The van der Waals surface area contributed by atoms with E-state index in [0.717, 1.165) is 25.9 Å². The predicted molar refractivity (Wildman–Crippen MR) is 113 cm³/mol. The van der Waals surface area contributed by atoms with Crippen molar-refractivity contribution in [3.05, 3.63) is 12.2 Å². The third-order valence-corrected chi connectivity index (χ3v) is 4.18. The van der Waals surface area contributed by atoms with E-state index in [1.54, 1.807) is 0 Å². The third-order valence-electron chi connectivity index (χ3n) is 4.18. The molecule has 0 unspecified atom stereocenters. The first-order chi connectivity index (χ1) is 12.2. The van der Waals surface area contributed by atoms with Gasteiger partial charge in [0.2, 0.25) is 5.91 Å². The van der Waals surface area contributed by atoms with Gasteiger partial charge in [-0.25, -0.2) is 0 Å². The number of nitrogens with one attached hydrogen (secondary N) is 1. The highest BCUT2D eigenvalue weighted by Gasteiger charge is 1.94. The van der Waals surface area contributed by atoms with Gasteiger partial charge in [0.15, 0.2) is 0 Å². The van der Waals surface area contributed by atoms with Crippen LogP contribution >= 0.6 is 0 Å². The molecule has 3 heteroatoms. The van der Waals surface area contributed by atoms with Gasteiger partial charge in [-0.2, -0.15) is 0 Å². The molecule has 0 heterocycles. The molecular weight excluding hydrogens is 308 g/mol. The molecule has 0 aliphatic carbocycles. The number of allylic oxidation sites excluding steroid dienone is 2. The highest BCUT2D eigenvalue weighted by atomic mass is 16.1. The smallest absolute Gasteiger partial charge is 0.217 e. The molecule has 0 bridgehead atoms. The summed E-state index contributed by atoms with van der Waals surface area (Å²) in [6.07, 6.45) is 21.9. The average Bonchev–Trinajstić information content (AvgIpc) is 2.59. The number of carbonyl (C=O) groups excluding carboxylic acids is 1. The molecule has 25 heavy (non-hydrogen) atoms. The van der Waals surface area contributed by atoms with Gasteiger partial charge in [0.05, 0.1) is 0 Å². The number of unbranched alkanes of at least 4 members (excludes halogenated alkanes) is 11. The summed E-state index contributed by atoms with van der Waals surface area (Å²) in [5.41, 5.74) is 5.10. The Hall–Kier alpha value is -0.830. The summed E-state index contributed by atoms with van der Waals surface area (Å²) >= 11 is 0. The fourth-order valence-electron chi connectivity index (χ4n) is 2.62. The van der Waals surface area contributed by atoms with Crippen LogP contribution in [0.1, 0.15) is 111 Å². The van der Waals surface area contributed by atoms with E-state index in [-0.39, 0.29) is 5.91 Å². The van der Waals surface area contributed by atoms with Crippen LogP contribution < -0.4 is 11.1 Å². The second kappa shape index (κ2) is 25.4. The topological polar surface area (TPSA) is 55.1 Å². The van der Waals surface area contributed by atoms with Gasteiger partial charge in [-0.3, -0.25) is 4.79 Å². The molecule has 0 spiro atoms. The molecule has 0 aliphatic heterocycles. The Kier molecular flexibility index (Phi) is 26.8. The van der Waals surface area contributed by atoms with Crippen LogP contribution in [0, 0.1) is 0 Å². The van der Waals surface area contributed by atoms with Crippen molar-refractivity contribution < 1.29 is 4.79 Å². The van der Waals surface area contributed by atoms with Crippen molar-refractivity contribution in [2.24, 2.45) is 5.73 Å². The maximum Gasteiger partial charge on any atom is 0.217 e. The second-order valence-electron chi connectivity index (χ2n) is 6.76. The van der Waals surface area contributed by atoms with E-state index in [0.29, 0.717) is 6.42 Å². The number of nitrogens with two attached hydrogens (primary N) is 1. The first-order valence-corrected chi connectivity index (χ1v) is 10.8. The van der Waals surface area contributed by atoms with Gasteiger partial charge in [0.25, 0.3) is 0 Å². The Morgan fingerprint density at radius 2 is 1.16 bits per heavy atom. The van der Waals surface area contributed by atoms with Gasteiger partial charge < -0.3 is 11.1 Å².